The van der Waals surface area contributed by atoms with Gasteiger partial charge in [-0.05, 0) is 12.8 Å². The zero-order valence-electron chi connectivity index (χ0n) is 9.26. The lowest BCUT2D eigenvalue weighted by Gasteiger charge is -2.09. The molecule has 0 spiro atoms. The van der Waals surface area contributed by atoms with E-state index >= 15 is 0 Å². The molecule has 0 fully saturated rings. The topological polar surface area (TPSA) is 157 Å². The lowest BCUT2D eigenvalue weighted by molar-refractivity contribution is -0.138. The molecular weight excluding hydrogens is 250 g/mol. The number of aliphatic imine (C=N–C) groups is 1. The first-order valence-electron chi connectivity index (χ1n) is 4.74. The Morgan fingerprint density at radius 3 is 2.41 bits per heavy atom. The van der Waals surface area contributed by atoms with Crippen LogP contribution >= 0.6 is 12.4 Å². The van der Waals surface area contributed by atoms with Gasteiger partial charge in [0, 0.05) is 6.54 Å². The molecule has 0 saturated carbocycles. The predicted molar refractivity (Wildman–Crippen MR) is 65.8 cm³/mol. The Hall–Kier alpha value is -1.54. The summed E-state index contributed by atoms with van der Waals surface area (Å²) in [6.07, 6.45) is 0.946. The largest absolute Gasteiger partial charge is 0.480 e. The average Bonchev–Trinajstić information content (AvgIpc) is 2.20. The number of carbonyl (C=O) groups is 2. The van der Waals surface area contributed by atoms with Crippen molar-refractivity contribution in [2.24, 2.45) is 22.2 Å². The summed E-state index contributed by atoms with van der Waals surface area (Å²) in [5.41, 5.74) is 15.7. The van der Waals surface area contributed by atoms with Crippen molar-refractivity contribution >= 4 is 30.2 Å². The number of carboxylic acids is 1. The molecule has 0 unspecified atom stereocenters. The van der Waals surface area contributed by atoms with Crippen molar-refractivity contribution in [2.45, 2.75) is 18.9 Å². The number of hydrogen-bond donors (Lipinski definition) is 5. The van der Waals surface area contributed by atoms with Gasteiger partial charge in [0.05, 0.1) is 6.04 Å². The SMILES string of the molecule is Cl.NC(N)=NCCC[C@@H](N)C(=O)NCC(=O)O. The van der Waals surface area contributed by atoms with Crippen LogP contribution < -0.4 is 22.5 Å². The van der Waals surface area contributed by atoms with Crippen LogP contribution in [0, 0.1) is 0 Å². The molecule has 100 valence electrons. The molecule has 0 aromatic carbocycles. The molecule has 0 aliphatic heterocycles. The summed E-state index contributed by atoms with van der Waals surface area (Å²) in [5.74, 6) is -1.61. The lowest BCUT2D eigenvalue weighted by Crippen LogP contribution is -2.42. The molecule has 0 aromatic heterocycles. The molecule has 0 rings (SSSR count). The van der Waals surface area contributed by atoms with Gasteiger partial charge >= 0.3 is 5.97 Å². The Kier molecular flexibility index (Phi) is 10.1. The molecule has 8 N–H and O–H groups in total. The smallest absolute Gasteiger partial charge is 0.322 e. The van der Waals surface area contributed by atoms with Gasteiger partial charge < -0.3 is 27.6 Å². The highest BCUT2D eigenvalue weighted by atomic mass is 35.5. The van der Waals surface area contributed by atoms with Crippen molar-refractivity contribution in [2.75, 3.05) is 13.1 Å². The third-order valence-corrected chi connectivity index (χ3v) is 1.72. The fourth-order valence-electron chi connectivity index (χ4n) is 0.944. The second-order valence-corrected chi connectivity index (χ2v) is 3.17. The number of carboxylic acid groups (broad SMARTS) is 1. The number of carbonyl (C=O) groups excluding carboxylic acids is 1. The fraction of sp³-hybridized carbons (Fsp3) is 0.625. The second kappa shape index (κ2) is 9.67. The summed E-state index contributed by atoms with van der Waals surface area (Å²) in [4.78, 5) is 25.1. The highest BCUT2D eigenvalue weighted by molar-refractivity contribution is 5.85. The van der Waals surface area contributed by atoms with Crippen molar-refractivity contribution in [1.82, 2.24) is 5.32 Å². The molecule has 0 radical (unpaired) electrons. The summed E-state index contributed by atoms with van der Waals surface area (Å²) < 4.78 is 0. The van der Waals surface area contributed by atoms with Gasteiger partial charge in [0.15, 0.2) is 5.96 Å². The number of rotatable bonds is 7. The van der Waals surface area contributed by atoms with Gasteiger partial charge in [0.1, 0.15) is 6.54 Å². The van der Waals surface area contributed by atoms with Crippen LogP contribution in [0.1, 0.15) is 12.8 Å². The molecule has 0 aliphatic carbocycles. The van der Waals surface area contributed by atoms with E-state index < -0.39 is 24.5 Å². The Morgan fingerprint density at radius 1 is 1.35 bits per heavy atom. The Labute approximate surface area is 105 Å². The number of nitrogens with zero attached hydrogens (tertiary/aromatic N) is 1. The van der Waals surface area contributed by atoms with Gasteiger partial charge in [-0.15, -0.1) is 12.4 Å². The highest BCUT2D eigenvalue weighted by Crippen LogP contribution is 1.95. The molecule has 0 heterocycles. The minimum atomic E-state index is -1.11. The van der Waals surface area contributed by atoms with E-state index in [9.17, 15) is 9.59 Å². The van der Waals surface area contributed by atoms with E-state index in [1.54, 1.807) is 0 Å². The first kappa shape index (κ1) is 17.8. The maximum absolute atomic E-state index is 11.2. The van der Waals surface area contributed by atoms with Gasteiger partial charge in [-0.1, -0.05) is 0 Å². The Morgan fingerprint density at radius 2 is 1.94 bits per heavy atom. The third-order valence-electron chi connectivity index (χ3n) is 1.72. The van der Waals surface area contributed by atoms with Crippen molar-refractivity contribution in [1.29, 1.82) is 0 Å². The number of guanidine groups is 1. The van der Waals surface area contributed by atoms with Crippen molar-refractivity contribution in [3.63, 3.8) is 0 Å². The van der Waals surface area contributed by atoms with E-state index in [1.807, 2.05) is 0 Å². The molecule has 0 bridgehead atoms. The minimum absolute atomic E-state index is 0. The fourth-order valence-corrected chi connectivity index (χ4v) is 0.944. The van der Waals surface area contributed by atoms with Gasteiger partial charge in [-0.2, -0.15) is 0 Å². The van der Waals surface area contributed by atoms with Crippen molar-refractivity contribution in [3.05, 3.63) is 0 Å². The van der Waals surface area contributed by atoms with Crippen LogP contribution in [0.15, 0.2) is 4.99 Å². The lowest BCUT2D eigenvalue weighted by atomic mass is 10.1. The van der Waals surface area contributed by atoms with E-state index in [0.717, 1.165) is 0 Å². The van der Waals surface area contributed by atoms with Crippen LogP contribution in [0.5, 0.6) is 0 Å². The zero-order valence-corrected chi connectivity index (χ0v) is 10.1. The molecule has 1 amide bonds. The number of nitrogens with two attached hydrogens (primary N) is 3. The molecule has 17 heavy (non-hydrogen) atoms. The highest BCUT2D eigenvalue weighted by Gasteiger charge is 2.13. The molecule has 0 saturated heterocycles. The predicted octanol–water partition coefficient (Wildman–Crippen LogP) is -2.01. The van der Waals surface area contributed by atoms with Crippen molar-refractivity contribution in [3.8, 4) is 0 Å². The minimum Gasteiger partial charge on any atom is -0.480 e. The quantitative estimate of drug-likeness (QED) is 0.204. The van der Waals surface area contributed by atoms with Gasteiger partial charge in [-0.3, -0.25) is 14.6 Å². The number of nitrogens with one attached hydrogen (secondary N) is 1. The van der Waals surface area contributed by atoms with Gasteiger partial charge in [0.2, 0.25) is 5.91 Å². The monoisotopic (exact) mass is 267 g/mol. The summed E-state index contributed by atoms with van der Waals surface area (Å²) in [6, 6.07) is -0.742. The van der Waals surface area contributed by atoms with E-state index in [1.165, 1.54) is 0 Å². The molecular formula is C8H18ClN5O3. The summed E-state index contributed by atoms with van der Waals surface area (Å²) in [7, 11) is 0. The summed E-state index contributed by atoms with van der Waals surface area (Å²) in [5, 5.41) is 10.5. The van der Waals surface area contributed by atoms with E-state index in [4.69, 9.17) is 22.3 Å². The average molecular weight is 268 g/mol. The Bertz CT molecular complexity index is 280. The van der Waals surface area contributed by atoms with Crippen molar-refractivity contribution < 1.29 is 14.7 Å². The maximum atomic E-state index is 11.2. The van der Waals surface area contributed by atoms with Crippen LogP contribution in [0.25, 0.3) is 0 Å². The molecule has 0 aromatic rings. The van der Waals surface area contributed by atoms with Crippen LogP contribution in [0.2, 0.25) is 0 Å². The standard InChI is InChI=1S/C8H17N5O3.ClH/c9-5(2-1-3-12-8(10)11)7(16)13-4-6(14)15;/h5H,1-4,9H2,(H,13,16)(H,14,15)(H4,10,11,12);1H/t5-;/m1./s1. The Balaban J connectivity index is 0. The third kappa shape index (κ3) is 10.7. The van der Waals surface area contributed by atoms with E-state index in [2.05, 4.69) is 10.3 Å². The van der Waals surface area contributed by atoms with Gasteiger partial charge in [-0.25, -0.2) is 0 Å². The molecule has 1 atom stereocenters. The van der Waals surface area contributed by atoms with Crippen LogP contribution in [0.3, 0.4) is 0 Å². The second-order valence-electron chi connectivity index (χ2n) is 3.17. The summed E-state index contributed by atoms with van der Waals surface area (Å²) >= 11 is 0. The number of halogens is 1. The first-order chi connectivity index (χ1) is 7.43. The normalized spacial score (nSPS) is 10.9. The van der Waals surface area contributed by atoms with Crippen LogP contribution in [-0.2, 0) is 9.59 Å². The van der Waals surface area contributed by atoms with E-state index in [-0.39, 0.29) is 18.4 Å². The number of hydrogen-bond acceptors (Lipinski definition) is 4. The molecule has 8 nitrogen and oxygen atoms in total. The zero-order chi connectivity index (χ0) is 12.6. The molecule has 9 heteroatoms. The number of aliphatic carboxylic acids is 1. The van der Waals surface area contributed by atoms with Crippen LogP contribution in [0.4, 0.5) is 0 Å². The first-order valence-corrected chi connectivity index (χ1v) is 4.74. The number of amides is 1. The van der Waals surface area contributed by atoms with Crippen LogP contribution in [-0.4, -0.2) is 42.1 Å². The summed E-state index contributed by atoms with van der Waals surface area (Å²) in [6.45, 7) is -0.0390. The van der Waals surface area contributed by atoms with E-state index in [0.29, 0.717) is 19.4 Å². The maximum Gasteiger partial charge on any atom is 0.322 e. The molecule has 0 aliphatic rings. The van der Waals surface area contributed by atoms with Gasteiger partial charge in [0.25, 0.3) is 0 Å².